The number of hydrogen-bond donors (Lipinski definition) is 1. The Morgan fingerprint density at radius 1 is 1.20 bits per heavy atom. The standard InChI is InChI=1S/C20H28N2O3/c1-25-14-20(13-18(21)23)9-4-10-22(20)19(24)12-15-7-8-16-5-2-3-6-17(16)11-15/h7-8,11H,2-6,9-10,12-14H2,1H3,(H2,21,23)/t20-/m0/s1. The Kier molecular flexibility index (Phi) is 5.42. The number of fused-ring (bicyclic) bond motifs is 1. The first-order valence-corrected chi connectivity index (χ1v) is 9.22. The third kappa shape index (κ3) is 3.87. The molecule has 0 aromatic heterocycles. The number of benzene rings is 1. The van der Waals surface area contributed by atoms with Crippen molar-refractivity contribution in [3.05, 3.63) is 34.9 Å². The lowest BCUT2D eigenvalue weighted by molar-refractivity contribution is -0.138. The van der Waals surface area contributed by atoms with Gasteiger partial charge in [-0.05, 0) is 55.2 Å². The van der Waals surface area contributed by atoms with E-state index >= 15 is 0 Å². The lowest BCUT2D eigenvalue weighted by atomic mass is 9.89. The molecule has 136 valence electrons. The average molecular weight is 344 g/mol. The molecule has 0 spiro atoms. The summed E-state index contributed by atoms with van der Waals surface area (Å²) in [5.41, 5.74) is 8.74. The fourth-order valence-electron chi connectivity index (χ4n) is 4.47. The lowest BCUT2D eigenvalue weighted by Gasteiger charge is -2.37. The van der Waals surface area contributed by atoms with E-state index in [9.17, 15) is 9.59 Å². The largest absolute Gasteiger partial charge is 0.382 e. The molecule has 1 aromatic carbocycles. The topological polar surface area (TPSA) is 72.6 Å². The minimum absolute atomic E-state index is 0.0616. The lowest BCUT2D eigenvalue weighted by Crippen LogP contribution is -2.53. The first kappa shape index (κ1) is 17.9. The van der Waals surface area contributed by atoms with Crippen LogP contribution in [-0.2, 0) is 33.6 Å². The Morgan fingerprint density at radius 3 is 2.68 bits per heavy atom. The number of carbonyl (C=O) groups excluding carboxylic acids is 2. The van der Waals surface area contributed by atoms with E-state index in [1.54, 1.807) is 7.11 Å². The van der Waals surface area contributed by atoms with Crippen molar-refractivity contribution in [3.63, 3.8) is 0 Å². The Balaban J connectivity index is 1.76. The highest BCUT2D eigenvalue weighted by atomic mass is 16.5. The minimum Gasteiger partial charge on any atom is -0.382 e. The van der Waals surface area contributed by atoms with Crippen LogP contribution in [0.25, 0.3) is 0 Å². The summed E-state index contributed by atoms with van der Waals surface area (Å²) < 4.78 is 5.33. The van der Waals surface area contributed by atoms with Crippen LogP contribution in [0.1, 0.15) is 48.8 Å². The number of aryl methyl sites for hydroxylation is 2. The number of ether oxygens (including phenoxy) is 1. The van der Waals surface area contributed by atoms with Gasteiger partial charge in [0.15, 0.2) is 0 Å². The van der Waals surface area contributed by atoms with Gasteiger partial charge in [-0.3, -0.25) is 9.59 Å². The molecule has 1 aliphatic heterocycles. The SMILES string of the molecule is COC[C@@]1(CC(N)=O)CCCN1C(=O)Cc1ccc2c(c1)CCCC2. The second kappa shape index (κ2) is 7.56. The first-order valence-electron chi connectivity index (χ1n) is 9.22. The summed E-state index contributed by atoms with van der Waals surface area (Å²) in [4.78, 5) is 26.4. The highest BCUT2D eigenvalue weighted by molar-refractivity contribution is 5.82. The van der Waals surface area contributed by atoms with Crippen molar-refractivity contribution in [1.82, 2.24) is 4.90 Å². The second-order valence-electron chi connectivity index (χ2n) is 7.44. The smallest absolute Gasteiger partial charge is 0.227 e. The molecule has 2 aliphatic rings. The average Bonchev–Trinajstić information content (AvgIpc) is 2.97. The van der Waals surface area contributed by atoms with Crippen molar-refractivity contribution in [2.75, 3.05) is 20.3 Å². The van der Waals surface area contributed by atoms with E-state index in [0.29, 0.717) is 19.6 Å². The Hall–Kier alpha value is -1.88. The number of hydrogen-bond acceptors (Lipinski definition) is 3. The monoisotopic (exact) mass is 344 g/mol. The first-order chi connectivity index (χ1) is 12.0. The Morgan fingerprint density at radius 2 is 1.96 bits per heavy atom. The van der Waals surface area contributed by atoms with Crippen LogP contribution in [0.3, 0.4) is 0 Å². The molecule has 1 aliphatic carbocycles. The molecule has 1 atom stereocenters. The molecule has 0 unspecified atom stereocenters. The minimum atomic E-state index is -0.578. The molecule has 5 nitrogen and oxygen atoms in total. The molecule has 2 amide bonds. The summed E-state index contributed by atoms with van der Waals surface area (Å²) >= 11 is 0. The molecule has 5 heteroatoms. The van der Waals surface area contributed by atoms with E-state index in [1.165, 1.54) is 24.0 Å². The van der Waals surface area contributed by atoms with E-state index in [4.69, 9.17) is 10.5 Å². The number of nitrogens with zero attached hydrogens (tertiary/aromatic N) is 1. The molecular weight excluding hydrogens is 316 g/mol. The molecule has 1 aromatic rings. The molecule has 0 saturated carbocycles. The van der Waals surface area contributed by atoms with Gasteiger partial charge < -0.3 is 15.4 Å². The van der Waals surface area contributed by atoms with Crippen LogP contribution in [0.15, 0.2) is 18.2 Å². The summed E-state index contributed by atoms with van der Waals surface area (Å²) in [7, 11) is 1.60. The van der Waals surface area contributed by atoms with Crippen molar-refractivity contribution >= 4 is 11.8 Å². The predicted molar refractivity (Wildman–Crippen MR) is 96.2 cm³/mol. The molecule has 1 saturated heterocycles. The van der Waals surface area contributed by atoms with Gasteiger partial charge in [0.2, 0.25) is 11.8 Å². The Labute approximate surface area is 149 Å². The van der Waals surface area contributed by atoms with E-state index in [2.05, 4.69) is 18.2 Å². The summed E-state index contributed by atoms with van der Waals surface area (Å²) in [6.07, 6.45) is 6.92. The molecular formula is C20H28N2O3. The van der Waals surface area contributed by atoms with Gasteiger partial charge in [-0.2, -0.15) is 0 Å². The zero-order valence-electron chi connectivity index (χ0n) is 15.1. The van der Waals surface area contributed by atoms with Crippen LogP contribution in [0.2, 0.25) is 0 Å². The van der Waals surface area contributed by atoms with Crippen molar-refractivity contribution in [2.24, 2.45) is 5.73 Å². The van der Waals surface area contributed by atoms with E-state index in [1.807, 2.05) is 4.90 Å². The Bertz CT molecular complexity index is 658. The fraction of sp³-hybridized carbons (Fsp3) is 0.600. The summed E-state index contributed by atoms with van der Waals surface area (Å²) in [6, 6.07) is 6.44. The van der Waals surface area contributed by atoms with Crippen molar-refractivity contribution < 1.29 is 14.3 Å². The number of methoxy groups -OCH3 is 1. The maximum atomic E-state index is 13.0. The highest BCUT2D eigenvalue weighted by Gasteiger charge is 2.44. The summed E-state index contributed by atoms with van der Waals surface area (Å²) in [5, 5.41) is 0. The van der Waals surface area contributed by atoms with Gasteiger partial charge in [0.1, 0.15) is 0 Å². The third-order valence-corrected chi connectivity index (χ3v) is 5.58. The molecule has 0 radical (unpaired) electrons. The van der Waals surface area contributed by atoms with Crippen LogP contribution < -0.4 is 5.73 Å². The zero-order chi connectivity index (χ0) is 17.9. The quantitative estimate of drug-likeness (QED) is 0.858. The third-order valence-electron chi connectivity index (χ3n) is 5.58. The number of nitrogens with two attached hydrogens (primary N) is 1. The van der Waals surface area contributed by atoms with Gasteiger partial charge in [-0.25, -0.2) is 0 Å². The number of primary amides is 1. The highest BCUT2D eigenvalue weighted by Crippen LogP contribution is 2.33. The van der Waals surface area contributed by atoms with Crippen LogP contribution in [-0.4, -0.2) is 42.5 Å². The van der Waals surface area contributed by atoms with E-state index in [0.717, 1.165) is 31.2 Å². The number of amides is 2. The number of rotatable bonds is 6. The molecule has 25 heavy (non-hydrogen) atoms. The van der Waals surface area contributed by atoms with Crippen molar-refractivity contribution in [2.45, 2.75) is 56.9 Å². The molecule has 0 bridgehead atoms. The van der Waals surface area contributed by atoms with Gasteiger partial charge in [0, 0.05) is 13.7 Å². The van der Waals surface area contributed by atoms with Gasteiger partial charge >= 0.3 is 0 Å². The molecule has 3 rings (SSSR count). The van der Waals surface area contributed by atoms with Crippen molar-refractivity contribution in [3.8, 4) is 0 Å². The molecule has 2 N–H and O–H groups in total. The molecule has 1 fully saturated rings. The summed E-state index contributed by atoms with van der Waals surface area (Å²) in [6.45, 7) is 1.02. The zero-order valence-corrected chi connectivity index (χ0v) is 15.1. The predicted octanol–water partition coefficient (Wildman–Crippen LogP) is 1.99. The van der Waals surface area contributed by atoms with E-state index < -0.39 is 5.54 Å². The number of likely N-dealkylation sites (tertiary alicyclic amines) is 1. The second-order valence-corrected chi connectivity index (χ2v) is 7.44. The van der Waals surface area contributed by atoms with Gasteiger partial charge in [-0.15, -0.1) is 0 Å². The van der Waals surface area contributed by atoms with Crippen LogP contribution in [0.5, 0.6) is 0 Å². The maximum absolute atomic E-state index is 13.0. The van der Waals surface area contributed by atoms with Gasteiger partial charge in [0.25, 0.3) is 0 Å². The maximum Gasteiger partial charge on any atom is 0.227 e. The normalized spacial score (nSPS) is 22.7. The van der Waals surface area contributed by atoms with Crippen LogP contribution >= 0.6 is 0 Å². The van der Waals surface area contributed by atoms with Gasteiger partial charge in [0.05, 0.1) is 25.0 Å². The van der Waals surface area contributed by atoms with Crippen LogP contribution in [0.4, 0.5) is 0 Å². The van der Waals surface area contributed by atoms with Crippen LogP contribution in [0, 0.1) is 0 Å². The number of carbonyl (C=O) groups is 2. The van der Waals surface area contributed by atoms with E-state index in [-0.39, 0.29) is 18.2 Å². The fourth-order valence-corrected chi connectivity index (χ4v) is 4.47. The summed E-state index contributed by atoms with van der Waals surface area (Å²) in [5.74, 6) is -0.322. The van der Waals surface area contributed by atoms with Gasteiger partial charge in [-0.1, -0.05) is 18.2 Å². The molecule has 1 heterocycles. The van der Waals surface area contributed by atoms with Crippen molar-refractivity contribution in [1.29, 1.82) is 0 Å².